The number of aldehydes is 1. The lowest BCUT2D eigenvalue weighted by atomic mass is 9.94. The summed E-state index contributed by atoms with van der Waals surface area (Å²) in [7, 11) is 6.19. The zero-order valence-electron chi connectivity index (χ0n) is 46.1. The van der Waals surface area contributed by atoms with E-state index in [1.165, 1.54) is 128 Å². The van der Waals surface area contributed by atoms with Crippen molar-refractivity contribution in [2.45, 2.75) is 254 Å². The van der Waals surface area contributed by atoms with E-state index >= 15 is 0 Å². The van der Waals surface area contributed by atoms with Crippen molar-refractivity contribution in [1.82, 2.24) is 15.1 Å². The van der Waals surface area contributed by atoms with Crippen molar-refractivity contribution in [2.75, 3.05) is 53.9 Å². The summed E-state index contributed by atoms with van der Waals surface area (Å²) in [4.78, 5) is 49.5. The summed E-state index contributed by atoms with van der Waals surface area (Å²) in [5.41, 5.74) is 1.89. The number of carbonyl (C=O) groups is 4. The van der Waals surface area contributed by atoms with E-state index in [0.29, 0.717) is 13.2 Å². The van der Waals surface area contributed by atoms with Crippen LogP contribution in [0.2, 0.25) is 0 Å². The van der Waals surface area contributed by atoms with Crippen molar-refractivity contribution in [1.29, 1.82) is 0 Å². The first-order valence-corrected chi connectivity index (χ1v) is 28.4. The van der Waals surface area contributed by atoms with Gasteiger partial charge < -0.3 is 29.4 Å². The Morgan fingerprint density at radius 1 is 0.672 bits per heavy atom. The van der Waals surface area contributed by atoms with Gasteiger partial charge in [-0.25, -0.2) is 0 Å². The molecule has 0 bridgehead atoms. The van der Waals surface area contributed by atoms with Gasteiger partial charge in [0, 0.05) is 31.6 Å². The van der Waals surface area contributed by atoms with Gasteiger partial charge in [-0.15, -0.1) is 12.6 Å². The van der Waals surface area contributed by atoms with E-state index in [1.54, 1.807) is 0 Å². The average Bonchev–Trinajstić information content (AvgIpc) is 3.34. The van der Waals surface area contributed by atoms with E-state index in [2.05, 4.69) is 61.2 Å². The molecule has 0 aromatic heterocycles. The van der Waals surface area contributed by atoms with Crippen molar-refractivity contribution in [2.24, 2.45) is 5.92 Å². The van der Waals surface area contributed by atoms with Gasteiger partial charge in [-0.05, 0) is 122 Å². The predicted molar refractivity (Wildman–Crippen MR) is 297 cm³/mol. The zero-order chi connectivity index (χ0) is 51.0. The second-order valence-corrected chi connectivity index (χ2v) is 18.6. The molecule has 0 saturated carbocycles. The Labute approximate surface area is 422 Å². The van der Waals surface area contributed by atoms with Gasteiger partial charge in [0.2, 0.25) is 0 Å². The largest absolute Gasteiger partial charge is 0.465 e. The molecule has 0 spiro atoms. The maximum absolute atomic E-state index is 13.1. The van der Waals surface area contributed by atoms with Crippen LogP contribution in [0, 0.1) is 5.92 Å². The molecule has 1 rings (SSSR count). The minimum absolute atomic E-state index is 0.0173. The molecule has 1 atom stereocenters. The number of allylic oxidation sites excluding steroid dienone is 3. The lowest BCUT2D eigenvalue weighted by molar-refractivity contribution is -0.149. The third-order valence-electron chi connectivity index (χ3n) is 11.8. The molecule has 67 heavy (non-hydrogen) atoms. The number of hydrogen-bond acceptors (Lipinski definition) is 8. The van der Waals surface area contributed by atoms with Crippen LogP contribution in [0.4, 0.5) is 0 Å². The Balaban J connectivity index is -0.000000662. The van der Waals surface area contributed by atoms with Gasteiger partial charge in [0.1, 0.15) is 13.1 Å². The summed E-state index contributed by atoms with van der Waals surface area (Å²) < 4.78 is 5.77. The number of esters is 1. The molecule has 1 heterocycles. The number of likely N-dealkylation sites (N-methyl/N-ethyl adjacent to an activating group) is 1. The third kappa shape index (κ3) is 50.0. The fraction of sp³-hybridized carbons (Fsp3) is 0.828. The second-order valence-electron chi connectivity index (χ2n) is 18.1. The van der Waals surface area contributed by atoms with Crippen LogP contribution in [0.5, 0.6) is 0 Å². The molecule has 0 aliphatic carbocycles. The first-order valence-electron chi connectivity index (χ1n) is 28.0. The number of unbranched alkanes of at least 4 members (excludes halogenated alkanes) is 23. The molecule has 0 aromatic rings. The van der Waals surface area contributed by atoms with Crippen LogP contribution in [0.3, 0.4) is 0 Å². The van der Waals surface area contributed by atoms with Crippen molar-refractivity contribution in [3.05, 3.63) is 34.3 Å². The van der Waals surface area contributed by atoms with Crippen molar-refractivity contribution in [3.8, 4) is 0 Å². The summed E-state index contributed by atoms with van der Waals surface area (Å²) in [5.74, 6) is 0.0980. The van der Waals surface area contributed by atoms with Crippen LogP contribution in [-0.4, -0.2) is 88.7 Å². The normalized spacial score (nSPS) is 13.0. The molecular formula is C58H113N3O5S. The fourth-order valence-electron chi connectivity index (χ4n) is 7.84. The van der Waals surface area contributed by atoms with Gasteiger partial charge in [0.15, 0.2) is 0 Å². The number of hydrogen-bond donors (Lipinski definition) is 2. The van der Waals surface area contributed by atoms with E-state index in [9.17, 15) is 14.4 Å². The van der Waals surface area contributed by atoms with Crippen molar-refractivity contribution in [3.63, 3.8) is 0 Å². The van der Waals surface area contributed by atoms with Gasteiger partial charge in [0.25, 0.3) is 5.91 Å². The Bertz CT molecular complexity index is 1160. The highest BCUT2D eigenvalue weighted by Crippen LogP contribution is 2.27. The van der Waals surface area contributed by atoms with Gasteiger partial charge in [-0.3, -0.25) is 9.59 Å². The third-order valence-corrected chi connectivity index (χ3v) is 12.2. The number of nitrogens with zero attached hydrogens (tertiary/aromatic N) is 2. The summed E-state index contributed by atoms with van der Waals surface area (Å²) in [6.45, 7) is 20.6. The number of rotatable bonds is 40. The van der Waals surface area contributed by atoms with Gasteiger partial charge in [-0.2, -0.15) is 0 Å². The van der Waals surface area contributed by atoms with Crippen LogP contribution in [0.15, 0.2) is 34.3 Å². The summed E-state index contributed by atoms with van der Waals surface area (Å²) in [6.07, 6.45) is 45.4. The molecule has 0 radical (unpaired) electrons. The first-order chi connectivity index (χ1) is 32.7. The van der Waals surface area contributed by atoms with Gasteiger partial charge in [0.05, 0.1) is 12.5 Å². The molecule has 0 aromatic carbocycles. The molecular weight excluding hydrogens is 851 g/mol. The molecule has 0 fully saturated rings. The lowest BCUT2D eigenvalue weighted by Crippen LogP contribution is -2.32. The lowest BCUT2D eigenvalue weighted by Gasteiger charge is -2.26. The highest BCUT2D eigenvalue weighted by molar-refractivity contribution is 7.84. The molecule has 396 valence electrons. The quantitative estimate of drug-likeness (QED) is 0.0158. The second kappa shape index (κ2) is 59.9. The summed E-state index contributed by atoms with van der Waals surface area (Å²) >= 11 is 4.75. The Morgan fingerprint density at radius 2 is 1.12 bits per heavy atom. The maximum Gasteiger partial charge on any atom is 0.308 e. The standard InChI is InChI=1S/C35H65N3O3S.C18H34O.2C2H6.CH2O/c1-6-8-10-12-13-17-22-30(21-16-11-9-7-2)35(40)41-28-19-15-14-18-23-32(31-24-27-38(5)29-33(31)42)34(39)36-25-20-26-37(3)4;1-2-3-4-5-6-7-8-9-10-11-12-13-14-15-16-17-18-19;3*1-2/h23,30,42H,6-22,24-29H2,1-5H3,(H,36,39);9-10,18H,2-8,11-17H2,1H3;2*1-2H3;1H2/b32-23-;10-9-;;;. The minimum atomic E-state index is 0.0173. The summed E-state index contributed by atoms with van der Waals surface area (Å²) in [5, 5.41) is 3.13. The average molecular weight is 965 g/mol. The maximum atomic E-state index is 13.1. The van der Waals surface area contributed by atoms with Crippen LogP contribution >= 0.6 is 12.6 Å². The smallest absolute Gasteiger partial charge is 0.308 e. The molecule has 1 aliphatic heterocycles. The highest BCUT2D eigenvalue weighted by Gasteiger charge is 2.22. The van der Waals surface area contributed by atoms with Crippen LogP contribution < -0.4 is 5.32 Å². The van der Waals surface area contributed by atoms with E-state index < -0.39 is 0 Å². The number of nitrogens with one attached hydrogen (secondary N) is 1. The Morgan fingerprint density at radius 3 is 1.61 bits per heavy atom. The van der Waals surface area contributed by atoms with E-state index in [0.717, 1.165) is 119 Å². The first kappa shape index (κ1) is 71.3. The molecule has 1 amide bonds. The minimum Gasteiger partial charge on any atom is -0.465 e. The Kier molecular flexibility index (Phi) is 63.8. The van der Waals surface area contributed by atoms with E-state index in [4.69, 9.17) is 22.2 Å². The number of carbonyl (C=O) groups excluding carboxylic acids is 4. The van der Waals surface area contributed by atoms with Gasteiger partial charge >= 0.3 is 5.97 Å². The van der Waals surface area contributed by atoms with Gasteiger partial charge in [-0.1, -0.05) is 182 Å². The van der Waals surface area contributed by atoms with E-state index in [-0.39, 0.29) is 17.8 Å². The molecule has 1 aliphatic rings. The molecule has 0 saturated heterocycles. The SMILES string of the molecule is C=O.CC.CC.CCCCCCCC/C=C\CCCCCCCC=O.CCCCCCCCC(CCCCCC)C(=O)OCCCCC/C=C(\C(=O)NCCCN(C)C)C1=C(S)CN(C)CC1. The van der Waals surface area contributed by atoms with Crippen molar-refractivity contribution >= 4 is 37.6 Å². The van der Waals surface area contributed by atoms with Crippen molar-refractivity contribution < 1.29 is 23.9 Å². The highest BCUT2D eigenvalue weighted by atomic mass is 32.1. The van der Waals surface area contributed by atoms with E-state index in [1.807, 2.05) is 48.6 Å². The number of ether oxygens (including phenoxy) is 1. The van der Waals surface area contributed by atoms with Crippen LogP contribution in [0.25, 0.3) is 0 Å². The predicted octanol–water partition coefficient (Wildman–Crippen LogP) is 16.0. The summed E-state index contributed by atoms with van der Waals surface area (Å²) in [6, 6.07) is 0. The number of thiol groups is 1. The van der Waals surface area contributed by atoms with Crippen LogP contribution in [-0.2, 0) is 23.9 Å². The molecule has 1 unspecified atom stereocenters. The Hall–Kier alpha value is -2.23. The molecule has 9 heteroatoms. The number of amides is 1. The van der Waals surface area contributed by atoms with Crippen LogP contribution in [0.1, 0.15) is 254 Å². The fourth-order valence-corrected chi connectivity index (χ4v) is 8.31. The molecule has 1 N–H and O–H groups in total. The zero-order valence-corrected chi connectivity index (χ0v) is 47.0. The monoisotopic (exact) mass is 964 g/mol. The topological polar surface area (TPSA) is 96.0 Å². The molecule has 8 nitrogen and oxygen atoms in total.